The summed E-state index contributed by atoms with van der Waals surface area (Å²) >= 11 is 0. The number of carbonyl (C=O) groups excluding carboxylic acids is 2. The molecular weight excluding hydrogens is 520 g/mol. The van der Waals surface area contributed by atoms with Crippen LogP contribution in [-0.4, -0.2) is 59.8 Å². The van der Waals surface area contributed by atoms with Crippen LogP contribution in [-0.2, 0) is 38.1 Å². The summed E-state index contributed by atoms with van der Waals surface area (Å²) in [5.74, 6) is -0.627. The monoisotopic (exact) mass is 564 g/mol. The zero-order chi connectivity index (χ0) is 28.8. The van der Waals surface area contributed by atoms with Crippen molar-refractivity contribution >= 4 is 21.9 Å². The van der Waals surface area contributed by atoms with Crippen molar-refractivity contribution in [1.29, 1.82) is 0 Å². The number of esters is 1. The summed E-state index contributed by atoms with van der Waals surface area (Å²) in [4.78, 5) is 27.4. The van der Waals surface area contributed by atoms with E-state index in [1.165, 1.54) is 12.1 Å². The highest BCUT2D eigenvalue weighted by molar-refractivity contribution is 7.86. The zero-order valence-electron chi connectivity index (χ0n) is 24.3. The second kappa shape index (κ2) is 10.9. The Labute approximate surface area is 233 Å². The molecule has 1 aromatic rings. The van der Waals surface area contributed by atoms with Gasteiger partial charge in [0.2, 0.25) is 0 Å². The average molecular weight is 565 g/mol. The first-order chi connectivity index (χ1) is 18.2. The predicted molar refractivity (Wildman–Crippen MR) is 145 cm³/mol. The fourth-order valence-corrected chi connectivity index (χ4v) is 9.06. The van der Waals surface area contributed by atoms with E-state index in [0.29, 0.717) is 0 Å². The molecule has 0 amide bonds. The molecule has 8 nitrogen and oxygen atoms in total. The van der Waals surface area contributed by atoms with Crippen LogP contribution in [0.2, 0.25) is 0 Å². The summed E-state index contributed by atoms with van der Waals surface area (Å²) in [6.07, 6.45) is 3.14. The van der Waals surface area contributed by atoms with Crippen LogP contribution in [0, 0.1) is 40.9 Å². The second-order valence-corrected chi connectivity index (χ2v) is 14.2. The van der Waals surface area contributed by atoms with E-state index >= 15 is 0 Å². The smallest absolute Gasteiger partial charge is 0.333 e. The number of ether oxygens (including phenoxy) is 3. The number of rotatable bonds is 8. The van der Waals surface area contributed by atoms with Crippen molar-refractivity contribution < 1.29 is 36.4 Å². The largest absolute Gasteiger partial charge is 0.460 e. The van der Waals surface area contributed by atoms with Crippen LogP contribution >= 0.6 is 0 Å². The molecule has 4 rings (SSSR count). The SMILES string of the molecule is COC[C@]1(C)C[C@@H](OC(=O)COS(=O)(=O)c2ccc(C)cc2)[C@]2(C)[C@H](C)CC[C@]3(CC[C@@H](OC)[C@@H]32)[C@@H](C)C1=O. The van der Waals surface area contributed by atoms with E-state index < -0.39 is 39.6 Å². The Balaban J connectivity index is 1.68. The van der Waals surface area contributed by atoms with Crippen molar-refractivity contribution in [3.8, 4) is 0 Å². The minimum Gasteiger partial charge on any atom is -0.460 e. The quantitative estimate of drug-likeness (QED) is 0.330. The number of aryl methyl sites for hydroxylation is 1. The molecule has 0 unspecified atom stereocenters. The van der Waals surface area contributed by atoms with Crippen molar-refractivity contribution in [1.82, 2.24) is 0 Å². The van der Waals surface area contributed by atoms with Gasteiger partial charge in [0, 0.05) is 31.5 Å². The van der Waals surface area contributed by atoms with Crippen LogP contribution in [0.25, 0.3) is 0 Å². The molecule has 3 aliphatic rings. The van der Waals surface area contributed by atoms with Gasteiger partial charge in [0.1, 0.15) is 11.9 Å². The molecule has 0 aromatic heterocycles. The lowest BCUT2D eigenvalue weighted by atomic mass is 9.44. The fraction of sp³-hybridized carbons (Fsp3) is 0.733. The Morgan fingerprint density at radius 1 is 1.05 bits per heavy atom. The molecular formula is C30H44O8S. The summed E-state index contributed by atoms with van der Waals surface area (Å²) in [6, 6.07) is 6.23. The summed E-state index contributed by atoms with van der Waals surface area (Å²) < 4.78 is 48.3. The van der Waals surface area contributed by atoms with Crippen molar-refractivity contribution in [3.05, 3.63) is 29.8 Å². The third-order valence-corrected chi connectivity index (χ3v) is 11.8. The van der Waals surface area contributed by atoms with E-state index in [2.05, 4.69) is 20.8 Å². The van der Waals surface area contributed by atoms with E-state index in [1.807, 2.05) is 13.8 Å². The topological polar surface area (TPSA) is 105 Å². The van der Waals surface area contributed by atoms with E-state index in [4.69, 9.17) is 18.4 Å². The molecule has 3 saturated carbocycles. The van der Waals surface area contributed by atoms with E-state index in [1.54, 1.807) is 26.4 Å². The van der Waals surface area contributed by atoms with Gasteiger partial charge in [0.15, 0.2) is 6.61 Å². The highest BCUT2D eigenvalue weighted by atomic mass is 32.2. The number of benzene rings is 1. The van der Waals surface area contributed by atoms with Gasteiger partial charge in [-0.15, -0.1) is 0 Å². The Hall–Kier alpha value is -1.81. The predicted octanol–water partition coefficient (Wildman–Crippen LogP) is 4.72. The number of hydrogen-bond donors (Lipinski definition) is 0. The van der Waals surface area contributed by atoms with Gasteiger partial charge in [-0.1, -0.05) is 45.4 Å². The molecule has 0 radical (unpaired) electrons. The number of hydrogen-bond acceptors (Lipinski definition) is 8. The van der Waals surface area contributed by atoms with Gasteiger partial charge in [-0.3, -0.25) is 8.98 Å². The minimum absolute atomic E-state index is 0.0137. The first kappa shape index (κ1) is 30.2. The van der Waals surface area contributed by atoms with Crippen molar-refractivity contribution in [2.24, 2.45) is 34.0 Å². The second-order valence-electron chi connectivity index (χ2n) is 12.6. The highest BCUT2D eigenvalue weighted by Crippen LogP contribution is 2.68. The van der Waals surface area contributed by atoms with Gasteiger partial charge >= 0.3 is 5.97 Å². The van der Waals surface area contributed by atoms with Gasteiger partial charge in [-0.2, -0.15) is 8.42 Å². The van der Waals surface area contributed by atoms with E-state index in [-0.39, 0.29) is 53.0 Å². The Morgan fingerprint density at radius 2 is 1.69 bits per heavy atom. The molecule has 218 valence electrons. The number of methoxy groups -OCH3 is 2. The maximum absolute atomic E-state index is 14.1. The molecule has 3 fully saturated rings. The van der Waals surface area contributed by atoms with Crippen LogP contribution in [0.4, 0.5) is 0 Å². The van der Waals surface area contributed by atoms with Gasteiger partial charge in [0.25, 0.3) is 10.1 Å². The number of ketones is 1. The first-order valence-corrected chi connectivity index (χ1v) is 15.4. The lowest BCUT2D eigenvalue weighted by Gasteiger charge is -2.61. The van der Waals surface area contributed by atoms with Crippen LogP contribution in [0.5, 0.6) is 0 Å². The van der Waals surface area contributed by atoms with Gasteiger partial charge in [-0.25, -0.2) is 4.79 Å². The van der Waals surface area contributed by atoms with Crippen LogP contribution in [0.3, 0.4) is 0 Å². The number of carbonyl (C=O) groups is 2. The van der Waals surface area contributed by atoms with Crippen LogP contribution < -0.4 is 0 Å². The molecule has 0 spiro atoms. The molecule has 0 aliphatic heterocycles. The normalized spacial score (nSPS) is 38.5. The summed E-state index contributed by atoms with van der Waals surface area (Å²) in [6.45, 7) is 9.65. The van der Waals surface area contributed by atoms with Gasteiger partial charge < -0.3 is 14.2 Å². The minimum atomic E-state index is -4.14. The summed E-state index contributed by atoms with van der Waals surface area (Å²) in [5, 5.41) is 0. The first-order valence-electron chi connectivity index (χ1n) is 14.0. The van der Waals surface area contributed by atoms with Gasteiger partial charge in [-0.05, 0) is 62.5 Å². The lowest BCUT2D eigenvalue weighted by molar-refractivity contribution is -0.209. The molecule has 1 aromatic carbocycles. The van der Waals surface area contributed by atoms with Crippen LogP contribution in [0.15, 0.2) is 29.2 Å². The summed E-state index contributed by atoms with van der Waals surface area (Å²) in [5.41, 5.74) is -0.710. The average Bonchev–Trinajstić information content (AvgIpc) is 3.29. The highest BCUT2D eigenvalue weighted by Gasteiger charge is 2.68. The molecule has 0 heterocycles. The van der Waals surface area contributed by atoms with Crippen molar-refractivity contribution in [2.45, 2.75) is 83.8 Å². The maximum atomic E-state index is 14.1. The van der Waals surface area contributed by atoms with E-state index in [9.17, 15) is 18.0 Å². The Bertz CT molecular complexity index is 1180. The van der Waals surface area contributed by atoms with E-state index in [0.717, 1.165) is 31.2 Å². The Morgan fingerprint density at radius 3 is 2.31 bits per heavy atom. The third kappa shape index (κ3) is 5.09. The standard InChI is InChI=1S/C30H44O8S/c1-19-8-10-22(11-9-19)39(33,34)37-17-25(31)38-24-16-28(4,18-35-6)27(32)21(3)30-14-12-20(2)29(24,5)26(30)23(36-7)13-15-30/h8-11,20-21,23-24,26H,12-18H2,1-7H3/t20-,21+,23-,24-,26-,28+,29+,30+/m1/s1. The van der Waals surface area contributed by atoms with Crippen LogP contribution in [0.1, 0.15) is 65.4 Å². The van der Waals surface area contributed by atoms with Crippen molar-refractivity contribution in [2.75, 3.05) is 27.4 Å². The molecule has 0 saturated heterocycles. The molecule has 0 N–H and O–H groups in total. The molecule has 2 bridgehead atoms. The maximum Gasteiger partial charge on any atom is 0.333 e. The molecule has 9 heteroatoms. The molecule has 39 heavy (non-hydrogen) atoms. The summed E-state index contributed by atoms with van der Waals surface area (Å²) in [7, 11) is -0.839. The molecule has 3 aliphatic carbocycles. The Kier molecular flexibility index (Phi) is 8.41. The number of Topliss-reactive ketones (excluding diaryl/α,β-unsaturated/α-hetero) is 1. The van der Waals surface area contributed by atoms with Crippen molar-refractivity contribution in [3.63, 3.8) is 0 Å². The zero-order valence-corrected chi connectivity index (χ0v) is 25.1. The third-order valence-electron chi connectivity index (χ3n) is 10.5. The lowest BCUT2D eigenvalue weighted by Crippen LogP contribution is -2.63. The fourth-order valence-electron chi connectivity index (χ4n) is 8.20. The molecule has 8 atom stereocenters. The van der Waals surface area contributed by atoms with Gasteiger partial charge in [0.05, 0.1) is 23.0 Å².